The molecule has 0 aliphatic carbocycles. The van der Waals surface area contributed by atoms with Gasteiger partial charge in [-0.15, -0.1) is 0 Å². The Morgan fingerprint density at radius 3 is 1.44 bits per heavy atom. The number of unbranched alkanes of at least 4 members (excludes halogenated alkanes) is 21. The Morgan fingerprint density at radius 2 is 1.00 bits per heavy atom. The van der Waals surface area contributed by atoms with Crippen molar-refractivity contribution < 1.29 is 24.3 Å². The molecule has 0 radical (unpaired) electrons. The van der Waals surface area contributed by atoms with Crippen molar-refractivity contribution >= 4 is 20.1 Å². The SMILES string of the molecule is CCCCCCCCCCCCCC(=O)CCCCCCCCC=CCCCCCCCC(=O)POCC(O)CO. The normalized spacial score (nSPS) is 12.7. The van der Waals surface area contributed by atoms with Gasteiger partial charge in [0, 0.05) is 19.3 Å². The van der Waals surface area contributed by atoms with E-state index in [1.165, 1.54) is 122 Å². The van der Waals surface area contributed by atoms with E-state index in [0.29, 0.717) is 12.2 Å². The van der Waals surface area contributed by atoms with Gasteiger partial charge in [0.25, 0.3) is 0 Å². The van der Waals surface area contributed by atoms with Crippen molar-refractivity contribution in [1.29, 1.82) is 0 Å². The molecule has 0 rings (SSSR count). The molecule has 0 aliphatic heterocycles. The summed E-state index contributed by atoms with van der Waals surface area (Å²) in [5.41, 5.74) is 0.0956. The van der Waals surface area contributed by atoms with Gasteiger partial charge in [-0.25, -0.2) is 0 Å². The van der Waals surface area contributed by atoms with E-state index >= 15 is 0 Å². The Hall–Kier alpha value is -0.610. The lowest BCUT2D eigenvalue weighted by Gasteiger charge is -2.07. The van der Waals surface area contributed by atoms with Crippen LogP contribution in [0.25, 0.3) is 0 Å². The zero-order valence-corrected chi connectivity index (χ0v) is 27.9. The van der Waals surface area contributed by atoms with E-state index in [1.807, 2.05) is 0 Å². The van der Waals surface area contributed by atoms with Crippen LogP contribution in [0, 0.1) is 0 Å². The van der Waals surface area contributed by atoms with Crippen molar-refractivity contribution in [2.75, 3.05) is 13.2 Å². The number of carbonyl (C=O) groups excluding carboxylic acids is 2. The summed E-state index contributed by atoms with van der Waals surface area (Å²) >= 11 is 0. The van der Waals surface area contributed by atoms with Gasteiger partial charge in [0.2, 0.25) is 0 Å². The first-order valence-electron chi connectivity index (χ1n) is 17.5. The molecule has 0 aromatic heterocycles. The van der Waals surface area contributed by atoms with Crippen molar-refractivity contribution in [3.63, 3.8) is 0 Å². The first kappa shape index (κ1) is 40.4. The van der Waals surface area contributed by atoms with Crippen LogP contribution in [0.5, 0.6) is 0 Å². The van der Waals surface area contributed by atoms with Crippen LogP contribution in [0.2, 0.25) is 0 Å². The molecule has 242 valence electrons. The summed E-state index contributed by atoms with van der Waals surface area (Å²) in [5, 5.41) is 17.9. The van der Waals surface area contributed by atoms with Crippen LogP contribution in [0.15, 0.2) is 12.2 Å². The molecule has 0 spiro atoms. The third kappa shape index (κ3) is 33.8. The first-order valence-corrected chi connectivity index (χ1v) is 18.4. The van der Waals surface area contributed by atoms with E-state index in [2.05, 4.69) is 19.1 Å². The lowest BCUT2D eigenvalue weighted by Crippen LogP contribution is -2.17. The second kappa shape index (κ2) is 33.9. The predicted molar refractivity (Wildman–Crippen MR) is 177 cm³/mol. The molecule has 41 heavy (non-hydrogen) atoms. The minimum absolute atomic E-state index is 0.0248. The third-order valence-electron chi connectivity index (χ3n) is 7.75. The van der Waals surface area contributed by atoms with Crippen molar-refractivity contribution in [2.24, 2.45) is 0 Å². The highest BCUT2D eigenvalue weighted by Crippen LogP contribution is 2.19. The molecule has 6 heteroatoms. The topological polar surface area (TPSA) is 83.8 Å². The Balaban J connectivity index is 3.27. The van der Waals surface area contributed by atoms with Gasteiger partial charge in [0.05, 0.1) is 22.0 Å². The predicted octanol–water partition coefficient (Wildman–Crippen LogP) is 10.2. The fraction of sp³-hybridized carbons (Fsp3) is 0.886. The Kier molecular flexibility index (Phi) is 33.4. The zero-order chi connectivity index (χ0) is 30.1. The van der Waals surface area contributed by atoms with E-state index in [9.17, 15) is 14.7 Å². The van der Waals surface area contributed by atoms with Gasteiger partial charge in [-0.1, -0.05) is 128 Å². The summed E-state index contributed by atoms with van der Waals surface area (Å²) in [5.74, 6) is 0.486. The number of hydrogen-bond donors (Lipinski definition) is 2. The quantitative estimate of drug-likeness (QED) is 0.0437. The number of allylic oxidation sites excluding steroid dienone is 2. The summed E-state index contributed by atoms with van der Waals surface area (Å²) in [6.07, 6.45) is 35.9. The fourth-order valence-corrected chi connectivity index (χ4v) is 5.75. The van der Waals surface area contributed by atoms with Crippen LogP contribution in [-0.4, -0.2) is 40.8 Å². The second-order valence-corrected chi connectivity index (χ2v) is 13.0. The van der Waals surface area contributed by atoms with E-state index in [4.69, 9.17) is 9.63 Å². The van der Waals surface area contributed by atoms with E-state index in [-0.39, 0.29) is 27.5 Å². The number of hydrogen-bond acceptors (Lipinski definition) is 5. The van der Waals surface area contributed by atoms with E-state index in [0.717, 1.165) is 44.9 Å². The molecule has 0 heterocycles. The average molecular weight is 599 g/mol. The zero-order valence-electron chi connectivity index (χ0n) is 26.9. The number of aliphatic hydroxyl groups is 2. The van der Waals surface area contributed by atoms with Crippen LogP contribution in [0.3, 0.4) is 0 Å². The highest BCUT2D eigenvalue weighted by atomic mass is 31.1. The smallest absolute Gasteiger partial charge is 0.178 e. The van der Waals surface area contributed by atoms with Gasteiger partial charge in [-0.05, 0) is 44.9 Å². The molecule has 0 aromatic carbocycles. The minimum atomic E-state index is -0.892. The Labute approximate surface area is 255 Å². The van der Waals surface area contributed by atoms with Crippen molar-refractivity contribution in [1.82, 2.24) is 0 Å². The van der Waals surface area contributed by atoms with E-state index < -0.39 is 6.10 Å². The van der Waals surface area contributed by atoms with Crippen LogP contribution in [0.4, 0.5) is 0 Å². The number of Topliss-reactive ketones (excluding diaryl/α,β-unsaturated/α-hetero) is 1. The second-order valence-electron chi connectivity index (χ2n) is 11.9. The Bertz CT molecular complexity index is 595. The maximum Gasteiger partial charge on any atom is 0.178 e. The molecule has 2 atom stereocenters. The maximum absolute atomic E-state index is 12.1. The summed E-state index contributed by atoms with van der Waals surface area (Å²) in [7, 11) is -0.221. The molecule has 0 bridgehead atoms. The largest absolute Gasteiger partial charge is 0.394 e. The Morgan fingerprint density at radius 1 is 0.610 bits per heavy atom. The van der Waals surface area contributed by atoms with Crippen molar-refractivity contribution in [3.05, 3.63) is 12.2 Å². The van der Waals surface area contributed by atoms with Gasteiger partial charge in [-0.2, -0.15) is 0 Å². The number of rotatable bonds is 34. The first-order chi connectivity index (χ1) is 20.1. The van der Waals surface area contributed by atoms with Gasteiger partial charge < -0.3 is 14.7 Å². The molecule has 2 unspecified atom stereocenters. The monoisotopic (exact) mass is 598 g/mol. The van der Waals surface area contributed by atoms with Crippen LogP contribution in [0.1, 0.15) is 180 Å². The number of carbonyl (C=O) groups is 2. The molecule has 5 nitrogen and oxygen atoms in total. The molecule has 0 fully saturated rings. The van der Waals surface area contributed by atoms with Crippen molar-refractivity contribution in [3.8, 4) is 0 Å². The highest BCUT2D eigenvalue weighted by molar-refractivity contribution is 7.53. The summed E-state index contributed by atoms with van der Waals surface area (Å²) in [6.45, 7) is 1.96. The van der Waals surface area contributed by atoms with Gasteiger partial charge in [0.15, 0.2) is 5.52 Å². The molecule has 0 amide bonds. The highest BCUT2D eigenvalue weighted by Gasteiger charge is 2.06. The fourth-order valence-electron chi connectivity index (χ4n) is 5.04. The van der Waals surface area contributed by atoms with Gasteiger partial charge in [0.1, 0.15) is 11.9 Å². The lowest BCUT2D eigenvalue weighted by molar-refractivity contribution is -0.119. The van der Waals surface area contributed by atoms with Crippen LogP contribution >= 0.6 is 8.81 Å². The number of aliphatic hydroxyl groups excluding tert-OH is 2. The molecular formula is C35H67O5P. The molecular weight excluding hydrogens is 531 g/mol. The average Bonchev–Trinajstić information content (AvgIpc) is 2.97. The van der Waals surface area contributed by atoms with Gasteiger partial charge >= 0.3 is 0 Å². The lowest BCUT2D eigenvalue weighted by atomic mass is 10.0. The van der Waals surface area contributed by atoms with Gasteiger partial charge in [-0.3, -0.25) is 9.59 Å². The van der Waals surface area contributed by atoms with Crippen molar-refractivity contribution in [2.45, 2.75) is 186 Å². The molecule has 2 N–H and O–H groups in total. The molecule has 0 aromatic rings. The molecule has 0 saturated heterocycles. The summed E-state index contributed by atoms with van der Waals surface area (Å²) in [4.78, 5) is 23.8. The maximum atomic E-state index is 12.1. The van der Waals surface area contributed by atoms with E-state index in [1.54, 1.807) is 0 Å². The summed E-state index contributed by atoms with van der Waals surface area (Å²) in [6, 6.07) is 0. The summed E-state index contributed by atoms with van der Waals surface area (Å²) < 4.78 is 5.12. The number of ketones is 1. The third-order valence-corrected chi connectivity index (χ3v) is 8.54. The van der Waals surface area contributed by atoms with Crippen LogP contribution < -0.4 is 0 Å². The molecule has 0 aliphatic rings. The standard InChI is InChI=1S/C35H67O5P/c1-2-3-4-5-6-7-13-16-19-22-25-28-33(37)29-26-23-20-17-14-11-9-8-10-12-15-18-21-24-27-30-35(39)41-40-32-34(38)31-36/h8,10,34,36,38,41H,2-7,9,11-32H2,1H3. The molecule has 0 saturated carbocycles. The minimum Gasteiger partial charge on any atom is -0.394 e. The van der Waals surface area contributed by atoms with Crippen LogP contribution in [-0.2, 0) is 14.1 Å².